The molecule has 0 aliphatic carbocycles. The van der Waals surface area contributed by atoms with Gasteiger partial charge in [-0.2, -0.15) is 4.68 Å². The molecule has 3 rings (SSSR count). The van der Waals surface area contributed by atoms with E-state index in [1.165, 1.54) is 16.0 Å². The zero-order valence-corrected chi connectivity index (χ0v) is 12.8. The van der Waals surface area contributed by atoms with E-state index in [1.54, 1.807) is 20.0 Å². The number of nitrogens with zero attached hydrogens (tertiary/aromatic N) is 4. The van der Waals surface area contributed by atoms with Crippen LogP contribution in [0.3, 0.4) is 0 Å². The van der Waals surface area contributed by atoms with Crippen LogP contribution in [-0.4, -0.2) is 27.1 Å². The Morgan fingerprint density at radius 1 is 1.52 bits per heavy atom. The molecule has 0 saturated carbocycles. The summed E-state index contributed by atoms with van der Waals surface area (Å²) in [6, 6.07) is 3.76. The third-order valence-electron chi connectivity index (χ3n) is 3.00. The van der Waals surface area contributed by atoms with Crippen LogP contribution >= 0.6 is 11.3 Å². The Morgan fingerprint density at radius 3 is 3.10 bits per heavy atom. The summed E-state index contributed by atoms with van der Waals surface area (Å²) in [7, 11) is 0. The fraction of sp³-hybridized carbons (Fsp3) is 0.286. The number of ether oxygens (including phenoxy) is 1. The van der Waals surface area contributed by atoms with Crippen LogP contribution in [0.4, 0.5) is 0 Å². The highest BCUT2D eigenvalue weighted by atomic mass is 32.1. The van der Waals surface area contributed by atoms with Gasteiger partial charge in [0.25, 0.3) is 5.56 Å². The SMILES string of the molecule is CCO/C(C)=N/n1c(C)nc2c(sc3ncccc32)c1=O. The molecule has 0 radical (unpaired) electrons. The first-order valence-electron chi connectivity index (χ1n) is 6.57. The molecule has 3 heterocycles. The summed E-state index contributed by atoms with van der Waals surface area (Å²) in [4.78, 5) is 22.2. The van der Waals surface area contributed by atoms with Crippen LogP contribution in [0.2, 0.25) is 0 Å². The minimum atomic E-state index is -0.195. The molecule has 0 aliphatic heterocycles. The van der Waals surface area contributed by atoms with Gasteiger partial charge in [-0.05, 0) is 26.0 Å². The molecule has 3 aromatic heterocycles. The van der Waals surface area contributed by atoms with E-state index in [1.807, 2.05) is 19.1 Å². The fourth-order valence-corrected chi connectivity index (χ4v) is 3.13. The van der Waals surface area contributed by atoms with Gasteiger partial charge in [-0.15, -0.1) is 16.4 Å². The van der Waals surface area contributed by atoms with Gasteiger partial charge < -0.3 is 4.74 Å². The van der Waals surface area contributed by atoms with Crippen LogP contribution < -0.4 is 5.56 Å². The zero-order chi connectivity index (χ0) is 15.0. The summed E-state index contributed by atoms with van der Waals surface area (Å²) < 4.78 is 7.12. The van der Waals surface area contributed by atoms with Crippen molar-refractivity contribution in [1.29, 1.82) is 0 Å². The first-order valence-corrected chi connectivity index (χ1v) is 7.38. The molecule has 0 aliphatic rings. The maximum atomic E-state index is 12.6. The van der Waals surface area contributed by atoms with E-state index in [-0.39, 0.29) is 5.56 Å². The lowest BCUT2D eigenvalue weighted by molar-refractivity contribution is 0.320. The average Bonchev–Trinajstić information content (AvgIpc) is 2.83. The van der Waals surface area contributed by atoms with Gasteiger partial charge in [-0.1, -0.05) is 0 Å². The lowest BCUT2D eigenvalue weighted by Gasteiger charge is -2.05. The van der Waals surface area contributed by atoms with Crippen molar-refractivity contribution in [1.82, 2.24) is 14.6 Å². The van der Waals surface area contributed by atoms with E-state index in [0.29, 0.717) is 28.5 Å². The molecule has 6 nitrogen and oxygen atoms in total. The second-order valence-corrected chi connectivity index (χ2v) is 5.46. The Bertz CT molecular complexity index is 910. The van der Waals surface area contributed by atoms with E-state index in [0.717, 1.165) is 10.2 Å². The Kier molecular flexibility index (Phi) is 3.42. The Balaban J connectivity index is 2.31. The lowest BCUT2D eigenvalue weighted by Crippen LogP contribution is -2.21. The van der Waals surface area contributed by atoms with Crippen molar-refractivity contribution in [2.75, 3.05) is 6.61 Å². The summed E-state index contributed by atoms with van der Waals surface area (Å²) in [5.41, 5.74) is 0.491. The van der Waals surface area contributed by atoms with Crippen molar-refractivity contribution in [3.05, 3.63) is 34.5 Å². The van der Waals surface area contributed by atoms with Crippen LogP contribution in [0.25, 0.3) is 20.4 Å². The van der Waals surface area contributed by atoms with Crippen LogP contribution in [0.1, 0.15) is 19.7 Å². The Morgan fingerprint density at radius 2 is 2.33 bits per heavy atom. The molecular weight excluding hydrogens is 288 g/mol. The predicted octanol–water partition coefficient (Wildman–Crippen LogP) is 2.53. The summed E-state index contributed by atoms with van der Waals surface area (Å²) in [5, 5.41) is 5.09. The highest BCUT2D eigenvalue weighted by Crippen LogP contribution is 2.28. The first kappa shape index (κ1) is 13.7. The standard InChI is InChI=1S/C14H14N4O2S/c1-4-20-9(3)17-18-8(2)16-11-10-6-5-7-15-13(10)21-12(11)14(18)19/h5-7H,4H2,1-3H3/b17-9+. The molecule has 0 unspecified atom stereocenters. The van der Waals surface area contributed by atoms with Gasteiger partial charge in [0, 0.05) is 18.5 Å². The van der Waals surface area contributed by atoms with E-state index in [9.17, 15) is 4.79 Å². The quantitative estimate of drug-likeness (QED) is 0.539. The largest absolute Gasteiger partial charge is 0.480 e. The molecule has 108 valence electrons. The smallest absolute Gasteiger partial charge is 0.292 e. The molecule has 3 aromatic rings. The van der Waals surface area contributed by atoms with Crippen molar-refractivity contribution in [3.63, 3.8) is 0 Å². The monoisotopic (exact) mass is 302 g/mol. The van der Waals surface area contributed by atoms with Gasteiger partial charge in [0.05, 0.1) is 12.1 Å². The second kappa shape index (κ2) is 5.25. The highest BCUT2D eigenvalue weighted by Gasteiger charge is 2.14. The molecular formula is C14H14N4O2S. The predicted molar refractivity (Wildman–Crippen MR) is 84.1 cm³/mol. The van der Waals surface area contributed by atoms with Crippen molar-refractivity contribution in [2.45, 2.75) is 20.8 Å². The third kappa shape index (κ3) is 2.29. The number of hydrogen-bond donors (Lipinski definition) is 0. The number of aryl methyl sites for hydroxylation is 1. The second-order valence-electron chi connectivity index (χ2n) is 4.46. The normalized spacial score (nSPS) is 12.2. The number of rotatable bonds is 2. The minimum absolute atomic E-state index is 0.195. The van der Waals surface area contributed by atoms with Gasteiger partial charge in [0.1, 0.15) is 15.4 Å². The number of aromatic nitrogens is 3. The lowest BCUT2D eigenvalue weighted by atomic mass is 10.3. The molecule has 0 aromatic carbocycles. The number of fused-ring (bicyclic) bond motifs is 3. The Labute approximate surface area is 124 Å². The van der Waals surface area contributed by atoms with Crippen molar-refractivity contribution in [2.24, 2.45) is 5.10 Å². The highest BCUT2D eigenvalue weighted by molar-refractivity contribution is 7.25. The van der Waals surface area contributed by atoms with Gasteiger partial charge in [0.15, 0.2) is 0 Å². The molecule has 0 saturated heterocycles. The number of pyridine rings is 1. The van der Waals surface area contributed by atoms with Crippen LogP contribution in [0.5, 0.6) is 0 Å². The summed E-state index contributed by atoms with van der Waals surface area (Å²) in [6.07, 6.45) is 1.71. The van der Waals surface area contributed by atoms with Crippen molar-refractivity contribution < 1.29 is 4.74 Å². The molecule has 7 heteroatoms. The maximum Gasteiger partial charge on any atom is 0.292 e. The molecule has 0 N–H and O–H groups in total. The van der Waals surface area contributed by atoms with E-state index < -0.39 is 0 Å². The molecule has 0 fully saturated rings. The van der Waals surface area contributed by atoms with E-state index >= 15 is 0 Å². The van der Waals surface area contributed by atoms with Gasteiger partial charge in [0.2, 0.25) is 5.90 Å². The van der Waals surface area contributed by atoms with E-state index in [2.05, 4.69) is 15.1 Å². The van der Waals surface area contributed by atoms with E-state index in [4.69, 9.17) is 4.74 Å². The van der Waals surface area contributed by atoms with Gasteiger partial charge in [-0.25, -0.2) is 9.97 Å². The zero-order valence-electron chi connectivity index (χ0n) is 12.0. The van der Waals surface area contributed by atoms with Crippen molar-refractivity contribution >= 4 is 37.7 Å². The van der Waals surface area contributed by atoms with Gasteiger partial charge >= 0.3 is 0 Å². The molecule has 21 heavy (non-hydrogen) atoms. The fourth-order valence-electron chi connectivity index (χ4n) is 2.12. The maximum absolute atomic E-state index is 12.6. The third-order valence-corrected chi connectivity index (χ3v) is 4.09. The van der Waals surface area contributed by atoms with Crippen LogP contribution in [-0.2, 0) is 4.74 Å². The van der Waals surface area contributed by atoms with Crippen LogP contribution in [0.15, 0.2) is 28.2 Å². The topological polar surface area (TPSA) is 69.4 Å². The summed E-state index contributed by atoms with van der Waals surface area (Å²) in [5.74, 6) is 0.957. The molecule has 0 atom stereocenters. The first-order chi connectivity index (χ1) is 10.1. The molecule has 0 bridgehead atoms. The summed E-state index contributed by atoms with van der Waals surface area (Å²) in [6.45, 7) is 5.84. The minimum Gasteiger partial charge on any atom is -0.480 e. The average molecular weight is 302 g/mol. The molecule has 0 amide bonds. The summed E-state index contributed by atoms with van der Waals surface area (Å²) >= 11 is 1.33. The van der Waals surface area contributed by atoms with Crippen molar-refractivity contribution in [3.8, 4) is 0 Å². The Hall–Kier alpha value is -2.28. The van der Waals surface area contributed by atoms with Crippen LogP contribution in [0, 0.1) is 6.92 Å². The number of hydrogen-bond acceptors (Lipinski definition) is 6. The van der Waals surface area contributed by atoms with Gasteiger partial charge in [-0.3, -0.25) is 4.79 Å². The number of thiophene rings is 1. The molecule has 0 spiro atoms.